The van der Waals surface area contributed by atoms with Crippen LogP contribution >= 0.6 is 0 Å². The first-order valence-corrected chi connectivity index (χ1v) is 7.25. The Bertz CT molecular complexity index is 543. The summed E-state index contributed by atoms with van der Waals surface area (Å²) in [6.07, 6.45) is 1.11. The van der Waals surface area contributed by atoms with Crippen LogP contribution in [-0.4, -0.2) is 30.0 Å². The first kappa shape index (κ1) is 13.4. The molecular formula is C16H22N2O2. The average Bonchev–Trinajstić information content (AvgIpc) is 3.06. The molecule has 1 saturated carbocycles. The molecule has 4 heteroatoms. The quantitative estimate of drug-likeness (QED) is 0.919. The van der Waals surface area contributed by atoms with Gasteiger partial charge in [-0.15, -0.1) is 0 Å². The molecular weight excluding hydrogens is 252 g/mol. The van der Waals surface area contributed by atoms with Crippen molar-refractivity contribution in [3.63, 3.8) is 0 Å². The van der Waals surface area contributed by atoms with Gasteiger partial charge in [0.15, 0.2) is 0 Å². The largest absolute Gasteiger partial charge is 0.496 e. The zero-order valence-electron chi connectivity index (χ0n) is 12.5. The normalized spacial score (nSPS) is 32.6. The summed E-state index contributed by atoms with van der Waals surface area (Å²) in [4.78, 5) is 14.4. The van der Waals surface area contributed by atoms with Crippen LogP contribution < -0.4 is 10.1 Å². The highest BCUT2D eigenvalue weighted by molar-refractivity contribution is 5.84. The summed E-state index contributed by atoms with van der Waals surface area (Å²) in [5.74, 6) is 1.73. The van der Waals surface area contributed by atoms with Crippen LogP contribution in [0.2, 0.25) is 0 Å². The molecule has 1 aliphatic heterocycles. The van der Waals surface area contributed by atoms with Crippen LogP contribution in [0.1, 0.15) is 37.6 Å². The Morgan fingerprint density at radius 2 is 2.05 bits per heavy atom. The predicted molar refractivity (Wildman–Crippen MR) is 77.5 cm³/mol. The van der Waals surface area contributed by atoms with Gasteiger partial charge in [0.2, 0.25) is 5.91 Å². The smallest absolute Gasteiger partial charge is 0.241 e. The van der Waals surface area contributed by atoms with E-state index >= 15 is 0 Å². The lowest BCUT2D eigenvalue weighted by molar-refractivity contribution is -0.130. The Morgan fingerprint density at radius 1 is 1.35 bits per heavy atom. The van der Waals surface area contributed by atoms with Crippen LogP contribution in [0, 0.1) is 12.8 Å². The highest BCUT2D eigenvalue weighted by Gasteiger charge is 2.49. The van der Waals surface area contributed by atoms with E-state index in [1.807, 2.05) is 24.8 Å². The Morgan fingerprint density at radius 3 is 2.60 bits per heavy atom. The number of hydrogen-bond acceptors (Lipinski definition) is 3. The Kier molecular flexibility index (Phi) is 3.21. The van der Waals surface area contributed by atoms with Gasteiger partial charge in [0.25, 0.3) is 0 Å². The number of nitrogens with zero attached hydrogens (tertiary/aromatic N) is 1. The van der Waals surface area contributed by atoms with Crippen LogP contribution in [0.3, 0.4) is 0 Å². The lowest BCUT2D eigenvalue weighted by Gasteiger charge is -2.25. The number of nitrogens with one attached hydrogen (secondary N) is 1. The number of methoxy groups -OCH3 is 1. The number of amides is 1. The molecule has 0 bridgehead atoms. The summed E-state index contributed by atoms with van der Waals surface area (Å²) < 4.78 is 5.31. The second-order valence-corrected chi connectivity index (χ2v) is 6.05. The fourth-order valence-corrected chi connectivity index (χ4v) is 3.11. The molecule has 3 rings (SSSR count). The number of hydrogen-bond donors (Lipinski definition) is 1. The summed E-state index contributed by atoms with van der Waals surface area (Å²) in [6, 6.07) is 6.44. The van der Waals surface area contributed by atoms with Crippen molar-refractivity contribution in [2.45, 2.75) is 45.4 Å². The SMILES string of the molecule is COc1ccc(C2NC(C)C(=O)N2C2CC2C)cc1C. The molecule has 1 aromatic rings. The lowest BCUT2D eigenvalue weighted by Crippen LogP contribution is -2.33. The molecule has 0 aromatic heterocycles. The summed E-state index contributed by atoms with van der Waals surface area (Å²) in [5.41, 5.74) is 2.24. The van der Waals surface area contributed by atoms with Crippen LogP contribution in [0.25, 0.3) is 0 Å². The Balaban J connectivity index is 1.91. The van der Waals surface area contributed by atoms with Gasteiger partial charge >= 0.3 is 0 Å². The van der Waals surface area contributed by atoms with E-state index in [4.69, 9.17) is 4.74 Å². The standard InChI is InChI=1S/C16H22N2O2/c1-9-8-13(9)18-15(17-11(3)16(18)19)12-5-6-14(20-4)10(2)7-12/h5-7,9,11,13,15,17H,8H2,1-4H3. The minimum Gasteiger partial charge on any atom is -0.496 e. The van der Waals surface area contributed by atoms with Crippen LogP contribution in [0.5, 0.6) is 5.75 Å². The molecule has 1 N–H and O–H groups in total. The molecule has 2 fully saturated rings. The van der Waals surface area contributed by atoms with Crippen LogP contribution in [-0.2, 0) is 4.79 Å². The topological polar surface area (TPSA) is 41.6 Å². The summed E-state index contributed by atoms with van der Waals surface area (Å²) in [6.45, 7) is 6.18. The van der Waals surface area contributed by atoms with Gasteiger partial charge in [-0.2, -0.15) is 0 Å². The van der Waals surface area contributed by atoms with Crippen molar-refractivity contribution in [2.24, 2.45) is 5.92 Å². The zero-order valence-corrected chi connectivity index (χ0v) is 12.5. The molecule has 1 aliphatic carbocycles. The van der Waals surface area contributed by atoms with Gasteiger partial charge in [0.05, 0.1) is 13.2 Å². The summed E-state index contributed by atoms with van der Waals surface area (Å²) in [5, 5.41) is 3.41. The van der Waals surface area contributed by atoms with E-state index in [2.05, 4.69) is 24.4 Å². The number of carbonyl (C=O) groups is 1. The molecule has 4 nitrogen and oxygen atoms in total. The van der Waals surface area contributed by atoms with Gasteiger partial charge in [-0.25, -0.2) is 0 Å². The molecule has 0 spiro atoms. The van der Waals surface area contributed by atoms with Crippen molar-refractivity contribution >= 4 is 5.91 Å². The molecule has 4 unspecified atom stereocenters. The number of rotatable bonds is 3. The average molecular weight is 274 g/mol. The number of aryl methyl sites for hydroxylation is 1. The predicted octanol–water partition coefficient (Wildman–Crippen LogP) is 2.23. The van der Waals surface area contributed by atoms with E-state index in [1.165, 1.54) is 0 Å². The number of ether oxygens (including phenoxy) is 1. The van der Waals surface area contributed by atoms with Crippen molar-refractivity contribution in [1.82, 2.24) is 10.2 Å². The first-order chi connectivity index (χ1) is 9.52. The van der Waals surface area contributed by atoms with Crippen LogP contribution in [0.4, 0.5) is 0 Å². The molecule has 20 heavy (non-hydrogen) atoms. The van der Waals surface area contributed by atoms with Gasteiger partial charge in [0.1, 0.15) is 11.9 Å². The maximum absolute atomic E-state index is 12.4. The van der Waals surface area contributed by atoms with Gasteiger partial charge in [-0.1, -0.05) is 13.0 Å². The highest BCUT2D eigenvalue weighted by atomic mass is 16.5. The molecule has 1 aromatic carbocycles. The van der Waals surface area contributed by atoms with E-state index in [1.54, 1.807) is 7.11 Å². The van der Waals surface area contributed by atoms with Crippen molar-refractivity contribution in [3.8, 4) is 5.75 Å². The van der Waals surface area contributed by atoms with Crippen molar-refractivity contribution in [2.75, 3.05) is 7.11 Å². The molecule has 1 heterocycles. The molecule has 2 aliphatic rings. The van der Waals surface area contributed by atoms with E-state index in [0.29, 0.717) is 12.0 Å². The van der Waals surface area contributed by atoms with Crippen molar-refractivity contribution in [1.29, 1.82) is 0 Å². The van der Waals surface area contributed by atoms with Crippen molar-refractivity contribution in [3.05, 3.63) is 29.3 Å². The molecule has 4 atom stereocenters. The molecule has 0 radical (unpaired) electrons. The lowest BCUT2D eigenvalue weighted by atomic mass is 10.1. The number of benzene rings is 1. The minimum absolute atomic E-state index is 0.00273. The van der Waals surface area contributed by atoms with Gasteiger partial charge in [-0.05, 0) is 49.4 Å². The fraction of sp³-hybridized carbons (Fsp3) is 0.562. The second kappa shape index (κ2) is 4.77. The molecule has 1 amide bonds. The van der Waals surface area contributed by atoms with Gasteiger partial charge in [-0.3, -0.25) is 10.1 Å². The fourth-order valence-electron chi connectivity index (χ4n) is 3.11. The zero-order chi connectivity index (χ0) is 14.4. The summed E-state index contributed by atoms with van der Waals surface area (Å²) >= 11 is 0. The van der Waals surface area contributed by atoms with Gasteiger partial charge < -0.3 is 9.64 Å². The second-order valence-electron chi connectivity index (χ2n) is 6.05. The Labute approximate surface area is 120 Å². The third kappa shape index (κ3) is 2.08. The van der Waals surface area contributed by atoms with E-state index in [-0.39, 0.29) is 18.1 Å². The maximum Gasteiger partial charge on any atom is 0.241 e. The summed E-state index contributed by atoms with van der Waals surface area (Å²) in [7, 11) is 1.68. The van der Waals surface area contributed by atoms with Crippen LogP contribution in [0.15, 0.2) is 18.2 Å². The molecule has 108 valence electrons. The number of carbonyl (C=O) groups excluding carboxylic acids is 1. The highest BCUT2D eigenvalue weighted by Crippen LogP contribution is 2.42. The van der Waals surface area contributed by atoms with E-state index in [0.717, 1.165) is 23.3 Å². The van der Waals surface area contributed by atoms with Gasteiger partial charge in [0, 0.05) is 6.04 Å². The third-order valence-corrected chi connectivity index (χ3v) is 4.47. The third-order valence-electron chi connectivity index (χ3n) is 4.47. The van der Waals surface area contributed by atoms with E-state index in [9.17, 15) is 4.79 Å². The molecule has 1 saturated heterocycles. The maximum atomic E-state index is 12.4. The van der Waals surface area contributed by atoms with Crippen molar-refractivity contribution < 1.29 is 9.53 Å². The minimum atomic E-state index is -0.102. The van der Waals surface area contributed by atoms with E-state index < -0.39 is 0 Å². The monoisotopic (exact) mass is 274 g/mol. The first-order valence-electron chi connectivity index (χ1n) is 7.25. The Hall–Kier alpha value is -1.55.